The minimum Gasteiger partial charge on any atom is -0.488 e. The molecule has 0 atom stereocenters. The molecule has 2 aliphatic rings. The van der Waals surface area contributed by atoms with E-state index in [-0.39, 0.29) is 5.60 Å². The number of hydrogen-bond donors (Lipinski definition) is 0. The van der Waals surface area contributed by atoms with Gasteiger partial charge in [-0.15, -0.1) is 0 Å². The molecule has 0 amide bonds. The summed E-state index contributed by atoms with van der Waals surface area (Å²) in [5.74, 6) is 2.67. The molecule has 0 unspecified atom stereocenters. The fourth-order valence-corrected chi connectivity index (χ4v) is 4.50. The van der Waals surface area contributed by atoms with Crippen LogP contribution < -0.4 is 14.2 Å². The van der Waals surface area contributed by atoms with E-state index in [0.717, 1.165) is 57.9 Å². The van der Waals surface area contributed by atoms with Gasteiger partial charge in [0, 0.05) is 16.7 Å². The van der Waals surface area contributed by atoms with Gasteiger partial charge < -0.3 is 14.2 Å². The summed E-state index contributed by atoms with van der Waals surface area (Å²) in [6.07, 6.45) is 8.57. The van der Waals surface area contributed by atoms with E-state index in [1.54, 1.807) is 0 Å². The Morgan fingerprint density at radius 2 is 1.76 bits per heavy atom. The van der Waals surface area contributed by atoms with Crippen LogP contribution in [0.3, 0.4) is 0 Å². The molecule has 5 rings (SSSR count). The molecule has 0 fully saturated rings. The van der Waals surface area contributed by atoms with Crippen LogP contribution in [0.2, 0.25) is 0 Å². The van der Waals surface area contributed by atoms with Gasteiger partial charge in [-0.25, -0.2) is 0 Å². The van der Waals surface area contributed by atoms with Gasteiger partial charge in [-0.1, -0.05) is 55.3 Å². The van der Waals surface area contributed by atoms with Crippen molar-refractivity contribution < 1.29 is 14.2 Å². The first-order chi connectivity index (χ1) is 16.4. The molecular formula is C31H32O3. The third-order valence-corrected chi connectivity index (χ3v) is 6.36. The Kier molecular flexibility index (Phi) is 5.95. The Hall–Kier alpha value is -3.46. The lowest BCUT2D eigenvalue weighted by Gasteiger charge is -2.30. The molecule has 2 aliphatic heterocycles. The van der Waals surface area contributed by atoms with Crippen molar-refractivity contribution in [3.8, 4) is 17.2 Å². The van der Waals surface area contributed by atoms with Crippen molar-refractivity contribution in [2.24, 2.45) is 0 Å². The topological polar surface area (TPSA) is 27.7 Å². The van der Waals surface area contributed by atoms with Crippen molar-refractivity contribution in [2.75, 3.05) is 6.61 Å². The minimum atomic E-state index is -0.305. The van der Waals surface area contributed by atoms with Gasteiger partial charge in [-0.3, -0.25) is 0 Å². The molecule has 0 N–H and O–H groups in total. The maximum Gasteiger partial charge on any atom is 0.137 e. The quantitative estimate of drug-likeness (QED) is 0.384. The van der Waals surface area contributed by atoms with Crippen molar-refractivity contribution in [1.29, 1.82) is 0 Å². The predicted octanol–water partition coefficient (Wildman–Crippen LogP) is 7.64. The molecule has 3 nitrogen and oxygen atoms in total. The number of hydrogen-bond acceptors (Lipinski definition) is 3. The molecule has 0 aliphatic carbocycles. The molecule has 0 saturated carbocycles. The van der Waals surface area contributed by atoms with Gasteiger partial charge in [-0.05, 0) is 74.7 Å². The number of aryl methyl sites for hydroxylation is 2. The SMILES string of the molecule is CCCc1ccc(C2=Cc3ccc4c(c3OC2)C=CC(C)(C)O4)c(OCc2ccc(C)cc2)c1. The lowest BCUT2D eigenvalue weighted by Crippen LogP contribution is -2.27. The van der Waals surface area contributed by atoms with E-state index in [9.17, 15) is 0 Å². The van der Waals surface area contributed by atoms with Crippen LogP contribution in [0.1, 0.15) is 60.6 Å². The monoisotopic (exact) mass is 452 g/mol. The van der Waals surface area contributed by atoms with Crippen LogP contribution in [-0.2, 0) is 13.0 Å². The van der Waals surface area contributed by atoms with Crippen LogP contribution in [0.5, 0.6) is 17.2 Å². The molecule has 3 aromatic carbocycles. The summed E-state index contributed by atoms with van der Waals surface area (Å²) in [6.45, 7) is 9.46. The minimum absolute atomic E-state index is 0.305. The summed E-state index contributed by atoms with van der Waals surface area (Å²) < 4.78 is 18.8. The van der Waals surface area contributed by atoms with E-state index < -0.39 is 0 Å². The second kappa shape index (κ2) is 9.06. The van der Waals surface area contributed by atoms with Gasteiger partial charge in [-0.2, -0.15) is 0 Å². The van der Waals surface area contributed by atoms with E-state index in [0.29, 0.717) is 13.2 Å². The molecular weight excluding hydrogens is 420 g/mol. The first-order valence-corrected chi connectivity index (χ1v) is 12.1. The van der Waals surface area contributed by atoms with Crippen LogP contribution in [0.15, 0.2) is 60.7 Å². The van der Waals surface area contributed by atoms with Crippen molar-refractivity contribution in [1.82, 2.24) is 0 Å². The lowest BCUT2D eigenvalue weighted by atomic mass is 9.94. The first kappa shape index (κ1) is 22.3. The zero-order valence-electron chi connectivity index (χ0n) is 20.5. The summed E-state index contributed by atoms with van der Waals surface area (Å²) >= 11 is 0. The number of ether oxygens (including phenoxy) is 3. The largest absolute Gasteiger partial charge is 0.488 e. The van der Waals surface area contributed by atoms with E-state index in [2.05, 4.69) is 94.5 Å². The van der Waals surface area contributed by atoms with E-state index >= 15 is 0 Å². The second-order valence-corrected chi connectivity index (χ2v) is 9.75. The third-order valence-electron chi connectivity index (χ3n) is 6.36. The predicted molar refractivity (Wildman–Crippen MR) is 139 cm³/mol. The van der Waals surface area contributed by atoms with Crippen molar-refractivity contribution in [2.45, 2.75) is 52.7 Å². The fourth-order valence-electron chi connectivity index (χ4n) is 4.50. The Balaban J connectivity index is 1.47. The van der Waals surface area contributed by atoms with E-state index in [4.69, 9.17) is 14.2 Å². The molecule has 0 radical (unpaired) electrons. The molecule has 0 bridgehead atoms. The van der Waals surface area contributed by atoms with Gasteiger partial charge in [0.05, 0.1) is 5.56 Å². The third kappa shape index (κ3) is 4.61. The zero-order valence-corrected chi connectivity index (χ0v) is 20.5. The normalized spacial score (nSPS) is 15.5. The highest BCUT2D eigenvalue weighted by Gasteiger charge is 2.27. The van der Waals surface area contributed by atoms with Crippen molar-refractivity contribution in [3.63, 3.8) is 0 Å². The van der Waals surface area contributed by atoms with Crippen LogP contribution in [0.25, 0.3) is 17.7 Å². The summed E-state index contributed by atoms with van der Waals surface area (Å²) in [7, 11) is 0. The number of rotatable bonds is 6. The molecule has 0 spiro atoms. The van der Waals surface area contributed by atoms with Crippen molar-refractivity contribution >= 4 is 17.7 Å². The Labute approximate surface area is 202 Å². The van der Waals surface area contributed by atoms with Crippen LogP contribution >= 0.6 is 0 Å². The molecule has 0 saturated heterocycles. The average Bonchev–Trinajstić information content (AvgIpc) is 2.83. The Morgan fingerprint density at radius 1 is 0.971 bits per heavy atom. The van der Waals surface area contributed by atoms with E-state index in [1.165, 1.54) is 11.1 Å². The molecule has 0 aromatic heterocycles. The van der Waals surface area contributed by atoms with E-state index in [1.807, 2.05) is 6.07 Å². The average molecular weight is 453 g/mol. The summed E-state index contributed by atoms with van der Waals surface area (Å²) in [5, 5.41) is 0. The molecule has 174 valence electrons. The first-order valence-electron chi connectivity index (χ1n) is 12.1. The highest BCUT2D eigenvalue weighted by Crippen LogP contribution is 2.43. The highest BCUT2D eigenvalue weighted by molar-refractivity contribution is 5.89. The van der Waals surface area contributed by atoms with Crippen LogP contribution in [-0.4, -0.2) is 12.2 Å². The molecule has 34 heavy (non-hydrogen) atoms. The number of fused-ring (bicyclic) bond motifs is 3. The highest BCUT2D eigenvalue weighted by atomic mass is 16.5. The van der Waals surface area contributed by atoms with Gasteiger partial charge in [0.1, 0.15) is 36.1 Å². The lowest BCUT2D eigenvalue weighted by molar-refractivity contribution is 0.158. The maximum absolute atomic E-state index is 6.38. The van der Waals surface area contributed by atoms with Gasteiger partial charge in [0.25, 0.3) is 0 Å². The summed E-state index contributed by atoms with van der Waals surface area (Å²) in [5.41, 5.74) is 7.69. The second-order valence-electron chi connectivity index (χ2n) is 9.75. The van der Waals surface area contributed by atoms with Gasteiger partial charge >= 0.3 is 0 Å². The van der Waals surface area contributed by atoms with Crippen LogP contribution in [0, 0.1) is 6.92 Å². The Morgan fingerprint density at radius 3 is 2.56 bits per heavy atom. The zero-order chi connectivity index (χ0) is 23.7. The molecule has 3 heteroatoms. The molecule has 2 heterocycles. The Bertz CT molecular complexity index is 1260. The summed E-state index contributed by atoms with van der Waals surface area (Å²) in [6, 6.07) is 19.2. The summed E-state index contributed by atoms with van der Waals surface area (Å²) in [4.78, 5) is 0. The van der Waals surface area contributed by atoms with Gasteiger partial charge in [0.2, 0.25) is 0 Å². The standard InChI is InChI=1S/C31H32O3/c1-5-6-22-11-13-26(29(17-22)32-19-23-9-7-21(2)8-10-23)25-18-24-12-14-28-27(30(24)33-20-25)15-16-31(3,4)34-28/h7-18H,5-6,19-20H2,1-4H3. The van der Waals surface area contributed by atoms with Gasteiger partial charge in [0.15, 0.2) is 0 Å². The van der Waals surface area contributed by atoms with Crippen molar-refractivity contribution in [3.05, 3.63) is 94.1 Å². The molecule has 3 aromatic rings. The fraction of sp³-hybridized carbons (Fsp3) is 0.290. The van der Waals surface area contributed by atoms with Crippen LogP contribution in [0.4, 0.5) is 0 Å². The smallest absolute Gasteiger partial charge is 0.137 e. The maximum atomic E-state index is 6.38. The number of benzene rings is 3.